The summed E-state index contributed by atoms with van der Waals surface area (Å²) in [5.74, 6) is 0.798. The van der Waals surface area contributed by atoms with Gasteiger partial charge in [0, 0.05) is 13.0 Å². The summed E-state index contributed by atoms with van der Waals surface area (Å²) in [6.07, 6.45) is 1.02. The van der Waals surface area contributed by atoms with Gasteiger partial charge in [-0.1, -0.05) is 19.1 Å². The molecule has 0 aromatic heterocycles. The van der Waals surface area contributed by atoms with Crippen LogP contribution in [0, 0.1) is 0 Å². The fourth-order valence-corrected chi connectivity index (χ4v) is 1.79. The number of hydrogen-bond acceptors (Lipinski definition) is 3. The fraction of sp³-hybridized carbons (Fsp3) is 0.538. The van der Waals surface area contributed by atoms with Crippen LogP contribution in [-0.4, -0.2) is 30.5 Å². The van der Waals surface area contributed by atoms with Crippen LogP contribution < -0.4 is 4.74 Å². The molecule has 2 atom stereocenters. The zero-order chi connectivity index (χ0) is 11.4. The molecule has 1 N–H and O–H groups in total. The molecule has 1 heterocycles. The topological polar surface area (TPSA) is 38.7 Å². The van der Waals surface area contributed by atoms with Crippen LogP contribution >= 0.6 is 0 Å². The number of aliphatic hydroxyl groups excluding tert-OH is 1. The van der Waals surface area contributed by atoms with Gasteiger partial charge in [0.15, 0.2) is 0 Å². The van der Waals surface area contributed by atoms with Gasteiger partial charge >= 0.3 is 0 Å². The minimum Gasteiger partial charge on any atom is -0.485 e. The zero-order valence-electron chi connectivity index (χ0n) is 9.56. The number of rotatable bonds is 3. The maximum atomic E-state index is 9.73. The first-order valence-corrected chi connectivity index (χ1v) is 5.81. The molecule has 1 aliphatic rings. The normalized spacial score (nSPS) is 25.4. The molecular weight excluding hydrogens is 204 g/mol. The molecule has 0 aliphatic carbocycles. The van der Waals surface area contributed by atoms with E-state index in [-0.39, 0.29) is 6.10 Å². The maximum absolute atomic E-state index is 9.73. The van der Waals surface area contributed by atoms with E-state index in [2.05, 4.69) is 6.92 Å². The highest BCUT2D eigenvalue weighted by Gasteiger charge is 2.25. The molecule has 0 bridgehead atoms. The second-order valence-electron chi connectivity index (χ2n) is 4.08. The van der Waals surface area contributed by atoms with Gasteiger partial charge < -0.3 is 14.6 Å². The summed E-state index contributed by atoms with van der Waals surface area (Å²) in [4.78, 5) is 0. The SMILES string of the molecule is CCc1ccc(OC2COCCC2O)cc1. The van der Waals surface area contributed by atoms with Gasteiger partial charge in [0.05, 0.1) is 12.7 Å². The predicted octanol–water partition coefficient (Wildman–Crippen LogP) is 1.78. The van der Waals surface area contributed by atoms with Crippen molar-refractivity contribution >= 4 is 0 Å². The molecule has 1 aliphatic heterocycles. The first-order valence-electron chi connectivity index (χ1n) is 5.81. The maximum Gasteiger partial charge on any atom is 0.148 e. The Labute approximate surface area is 96.0 Å². The Kier molecular flexibility index (Phi) is 3.80. The van der Waals surface area contributed by atoms with E-state index in [0.29, 0.717) is 19.6 Å². The standard InChI is InChI=1S/C13H18O3/c1-2-10-3-5-11(6-4-10)16-13-9-15-8-7-12(13)14/h3-6,12-14H,2,7-9H2,1H3. The molecule has 1 aromatic rings. The average Bonchev–Trinajstić information content (AvgIpc) is 2.33. The molecule has 3 nitrogen and oxygen atoms in total. The van der Waals surface area contributed by atoms with Crippen molar-refractivity contribution in [1.29, 1.82) is 0 Å². The number of aliphatic hydroxyl groups is 1. The van der Waals surface area contributed by atoms with Gasteiger partial charge in [0.25, 0.3) is 0 Å². The number of ether oxygens (including phenoxy) is 2. The van der Waals surface area contributed by atoms with Gasteiger partial charge in [0.1, 0.15) is 11.9 Å². The van der Waals surface area contributed by atoms with Crippen LogP contribution in [0.5, 0.6) is 5.75 Å². The van der Waals surface area contributed by atoms with E-state index in [1.54, 1.807) is 0 Å². The summed E-state index contributed by atoms with van der Waals surface area (Å²) in [7, 11) is 0. The third-order valence-electron chi connectivity index (χ3n) is 2.89. The van der Waals surface area contributed by atoms with Gasteiger partial charge in [0.2, 0.25) is 0 Å². The van der Waals surface area contributed by atoms with Crippen LogP contribution in [0.2, 0.25) is 0 Å². The highest BCUT2D eigenvalue weighted by Crippen LogP contribution is 2.18. The molecule has 1 aromatic carbocycles. The molecule has 0 radical (unpaired) electrons. The average molecular weight is 222 g/mol. The highest BCUT2D eigenvalue weighted by atomic mass is 16.5. The summed E-state index contributed by atoms with van der Waals surface area (Å²) >= 11 is 0. The van der Waals surface area contributed by atoms with E-state index in [4.69, 9.17) is 9.47 Å². The Hall–Kier alpha value is -1.06. The third-order valence-corrected chi connectivity index (χ3v) is 2.89. The summed E-state index contributed by atoms with van der Waals surface area (Å²) in [5.41, 5.74) is 1.28. The van der Waals surface area contributed by atoms with Crippen molar-refractivity contribution in [1.82, 2.24) is 0 Å². The quantitative estimate of drug-likeness (QED) is 0.847. The van der Waals surface area contributed by atoms with E-state index in [0.717, 1.165) is 12.2 Å². The van der Waals surface area contributed by atoms with E-state index in [9.17, 15) is 5.11 Å². The van der Waals surface area contributed by atoms with Crippen molar-refractivity contribution in [3.05, 3.63) is 29.8 Å². The van der Waals surface area contributed by atoms with Crippen molar-refractivity contribution < 1.29 is 14.6 Å². The monoisotopic (exact) mass is 222 g/mol. The first-order chi connectivity index (χ1) is 7.79. The summed E-state index contributed by atoms with van der Waals surface area (Å²) in [6.45, 7) is 3.21. The van der Waals surface area contributed by atoms with Gasteiger partial charge in [-0.3, -0.25) is 0 Å². The number of hydrogen-bond donors (Lipinski definition) is 1. The Morgan fingerprint density at radius 2 is 2.12 bits per heavy atom. The van der Waals surface area contributed by atoms with Crippen molar-refractivity contribution in [2.45, 2.75) is 32.0 Å². The number of aryl methyl sites for hydroxylation is 1. The minimum absolute atomic E-state index is 0.235. The first kappa shape index (κ1) is 11.4. The van der Waals surface area contributed by atoms with Crippen LogP contribution in [0.1, 0.15) is 18.9 Å². The second kappa shape index (κ2) is 5.32. The molecule has 2 unspecified atom stereocenters. The van der Waals surface area contributed by atoms with E-state index in [1.165, 1.54) is 5.56 Å². The molecule has 16 heavy (non-hydrogen) atoms. The van der Waals surface area contributed by atoms with Crippen molar-refractivity contribution in [2.75, 3.05) is 13.2 Å². The lowest BCUT2D eigenvalue weighted by atomic mass is 10.1. The van der Waals surface area contributed by atoms with Crippen molar-refractivity contribution in [3.63, 3.8) is 0 Å². The Bertz CT molecular complexity index is 320. The molecule has 0 amide bonds. The second-order valence-corrected chi connectivity index (χ2v) is 4.08. The Morgan fingerprint density at radius 3 is 2.75 bits per heavy atom. The minimum atomic E-state index is -0.417. The lowest BCUT2D eigenvalue weighted by Gasteiger charge is -2.28. The summed E-state index contributed by atoms with van der Waals surface area (Å²) in [5, 5.41) is 9.73. The molecule has 1 saturated heterocycles. The van der Waals surface area contributed by atoms with Crippen molar-refractivity contribution in [2.24, 2.45) is 0 Å². The van der Waals surface area contributed by atoms with E-state index < -0.39 is 6.10 Å². The van der Waals surface area contributed by atoms with Crippen molar-refractivity contribution in [3.8, 4) is 5.75 Å². The van der Waals surface area contributed by atoms with Gasteiger partial charge in [-0.2, -0.15) is 0 Å². The summed E-state index contributed by atoms with van der Waals surface area (Å²) in [6, 6.07) is 7.98. The lowest BCUT2D eigenvalue weighted by molar-refractivity contribution is -0.0735. The number of benzene rings is 1. The fourth-order valence-electron chi connectivity index (χ4n) is 1.79. The van der Waals surface area contributed by atoms with Crippen LogP contribution in [0.4, 0.5) is 0 Å². The van der Waals surface area contributed by atoms with Crippen LogP contribution in [0.25, 0.3) is 0 Å². The molecular formula is C13H18O3. The molecule has 3 heteroatoms. The highest BCUT2D eigenvalue weighted by molar-refractivity contribution is 5.27. The van der Waals surface area contributed by atoms with E-state index >= 15 is 0 Å². The molecule has 2 rings (SSSR count). The molecule has 0 spiro atoms. The van der Waals surface area contributed by atoms with E-state index in [1.807, 2.05) is 24.3 Å². The molecule has 1 fully saturated rings. The Morgan fingerprint density at radius 1 is 1.38 bits per heavy atom. The van der Waals surface area contributed by atoms with Gasteiger partial charge in [-0.15, -0.1) is 0 Å². The zero-order valence-corrected chi connectivity index (χ0v) is 9.56. The van der Waals surface area contributed by atoms with Crippen LogP contribution in [-0.2, 0) is 11.2 Å². The van der Waals surface area contributed by atoms with Gasteiger partial charge in [-0.05, 0) is 24.1 Å². The largest absolute Gasteiger partial charge is 0.485 e. The molecule has 0 saturated carbocycles. The molecule has 88 valence electrons. The van der Waals surface area contributed by atoms with Crippen LogP contribution in [0.3, 0.4) is 0 Å². The summed E-state index contributed by atoms with van der Waals surface area (Å²) < 4.78 is 11.0. The third kappa shape index (κ3) is 2.74. The Balaban J connectivity index is 1.96. The smallest absolute Gasteiger partial charge is 0.148 e. The predicted molar refractivity (Wildman–Crippen MR) is 61.7 cm³/mol. The van der Waals surface area contributed by atoms with Crippen LogP contribution in [0.15, 0.2) is 24.3 Å². The lowest BCUT2D eigenvalue weighted by Crippen LogP contribution is -2.40. The van der Waals surface area contributed by atoms with Gasteiger partial charge in [-0.25, -0.2) is 0 Å².